The van der Waals surface area contributed by atoms with Crippen molar-refractivity contribution >= 4 is 21.6 Å². The molecule has 0 aliphatic rings. The SMILES string of the molecule is CC(C)Oc1ccccc1NCc1ccc(Br)o1. The van der Waals surface area contributed by atoms with E-state index in [9.17, 15) is 0 Å². The highest BCUT2D eigenvalue weighted by molar-refractivity contribution is 9.10. The van der Waals surface area contributed by atoms with Crippen LogP contribution < -0.4 is 10.1 Å². The first-order chi connectivity index (χ1) is 8.65. The molecule has 0 aliphatic carbocycles. The molecule has 2 rings (SSSR count). The Morgan fingerprint density at radius 1 is 1.22 bits per heavy atom. The molecule has 0 amide bonds. The minimum atomic E-state index is 0.158. The number of ether oxygens (including phenoxy) is 1. The second-order valence-electron chi connectivity index (χ2n) is 4.22. The number of nitrogens with one attached hydrogen (secondary N) is 1. The lowest BCUT2D eigenvalue weighted by molar-refractivity contribution is 0.243. The highest BCUT2D eigenvalue weighted by Gasteiger charge is 2.05. The van der Waals surface area contributed by atoms with Crippen molar-refractivity contribution in [2.45, 2.75) is 26.5 Å². The number of para-hydroxylation sites is 2. The molecule has 0 bridgehead atoms. The summed E-state index contributed by atoms with van der Waals surface area (Å²) >= 11 is 3.29. The summed E-state index contributed by atoms with van der Waals surface area (Å²) in [5, 5.41) is 3.31. The van der Waals surface area contributed by atoms with E-state index in [0.29, 0.717) is 6.54 Å². The molecule has 1 aromatic heterocycles. The van der Waals surface area contributed by atoms with Gasteiger partial charge in [0, 0.05) is 0 Å². The maximum absolute atomic E-state index is 5.74. The summed E-state index contributed by atoms with van der Waals surface area (Å²) in [4.78, 5) is 0. The lowest BCUT2D eigenvalue weighted by Crippen LogP contribution is -2.08. The van der Waals surface area contributed by atoms with E-state index >= 15 is 0 Å². The van der Waals surface area contributed by atoms with Crippen LogP contribution >= 0.6 is 15.9 Å². The van der Waals surface area contributed by atoms with Gasteiger partial charge in [0.25, 0.3) is 0 Å². The second-order valence-corrected chi connectivity index (χ2v) is 5.00. The van der Waals surface area contributed by atoms with E-state index in [4.69, 9.17) is 9.15 Å². The minimum Gasteiger partial charge on any atom is -0.489 e. The Morgan fingerprint density at radius 3 is 2.67 bits per heavy atom. The van der Waals surface area contributed by atoms with E-state index in [1.54, 1.807) is 0 Å². The molecule has 18 heavy (non-hydrogen) atoms. The van der Waals surface area contributed by atoms with Crippen LogP contribution in [0.3, 0.4) is 0 Å². The predicted molar refractivity (Wildman–Crippen MR) is 75.9 cm³/mol. The standard InChI is InChI=1S/C14H16BrNO2/c1-10(2)17-13-6-4-3-5-12(13)16-9-11-7-8-14(15)18-11/h3-8,10,16H,9H2,1-2H3. The monoisotopic (exact) mass is 309 g/mol. The molecule has 1 N–H and O–H groups in total. The Balaban J connectivity index is 2.04. The molecule has 3 nitrogen and oxygen atoms in total. The Morgan fingerprint density at radius 2 is 2.00 bits per heavy atom. The van der Waals surface area contributed by atoms with Crippen LogP contribution in [-0.4, -0.2) is 6.10 Å². The first-order valence-corrected chi connectivity index (χ1v) is 6.68. The number of furan rings is 1. The molecule has 1 aromatic carbocycles. The van der Waals surface area contributed by atoms with Gasteiger partial charge in [0.1, 0.15) is 11.5 Å². The third-order valence-corrected chi connectivity index (χ3v) is 2.76. The van der Waals surface area contributed by atoms with Crippen molar-refractivity contribution in [3.05, 3.63) is 46.8 Å². The average molecular weight is 310 g/mol. The summed E-state index contributed by atoms with van der Waals surface area (Å²) < 4.78 is 11.9. The highest BCUT2D eigenvalue weighted by atomic mass is 79.9. The van der Waals surface area contributed by atoms with Gasteiger partial charge < -0.3 is 14.5 Å². The van der Waals surface area contributed by atoms with Crippen molar-refractivity contribution in [2.24, 2.45) is 0 Å². The van der Waals surface area contributed by atoms with E-state index in [2.05, 4.69) is 21.2 Å². The lowest BCUT2D eigenvalue weighted by Gasteiger charge is -2.14. The molecule has 96 valence electrons. The van der Waals surface area contributed by atoms with Gasteiger partial charge in [0.2, 0.25) is 0 Å². The maximum Gasteiger partial charge on any atom is 0.169 e. The summed E-state index contributed by atoms with van der Waals surface area (Å²) in [6.45, 7) is 4.66. The zero-order chi connectivity index (χ0) is 13.0. The largest absolute Gasteiger partial charge is 0.489 e. The smallest absolute Gasteiger partial charge is 0.169 e. The van der Waals surface area contributed by atoms with Crippen LogP contribution in [0.2, 0.25) is 0 Å². The Kier molecular flexibility index (Phi) is 4.31. The number of anilines is 1. The van der Waals surface area contributed by atoms with Crippen LogP contribution in [0.25, 0.3) is 0 Å². The molecule has 1 heterocycles. The zero-order valence-corrected chi connectivity index (χ0v) is 12.0. The molecule has 0 aliphatic heterocycles. The molecule has 0 saturated carbocycles. The van der Waals surface area contributed by atoms with Gasteiger partial charge in [-0.05, 0) is 54.0 Å². The zero-order valence-electron chi connectivity index (χ0n) is 10.4. The third kappa shape index (κ3) is 3.53. The van der Waals surface area contributed by atoms with Crippen LogP contribution in [-0.2, 0) is 6.54 Å². The van der Waals surface area contributed by atoms with Crippen molar-refractivity contribution < 1.29 is 9.15 Å². The van der Waals surface area contributed by atoms with Crippen molar-refractivity contribution in [1.29, 1.82) is 0 Å². The van der Waals surface area contributed by atoms with E-state index < -0.39 is 0 Å². The van der Waals surface area contributed by atoms with Crippen LogP contribution in [0, 0.1) is 0 Å². The molecule has 0 saturated heterocycles. The lowest BCUT2D eigenvalue weighted by atomic mass is 10.3. The van der Waals surface area contributed by atoms with E-state index in [1.165, 1.54) is 0 Å². The summed E-state index contributed by atoms with van der Waals surface area (Å²) in [6.07, 6.45) is 0.158. The molecular weight excluding hydrogens is 294 g/mol. The van der Waals surface area contributed by atoms with E-state index in [1.807, 2.05) is 50.2 Å². The number of rotatable bonds is 5. The van der Waals surface area contributed by atoms with Crippen molar-refractivity contribution in [2.75, 3.05) is 5.32 Å². The van der Waals surface area contributed by atoms with Crippen molar-refractivity contribution in [3.8, 4) is 5.75 Å². The predicted octanol–water partition coefficient (Wildman–Crippen LogP) is 4.44. The highest BCUT2D eigenvalue weighted by Crippen LogP contribution is 2.25. The molecular formula is C14H16BrNO2. The van der Waals surface area contributed by atoms with Crippen molar-refractivity contribution in [3.63, 3.8) is 0 Å². The Labute approximate surface area is 115 Å². The first kappa shape index (κ1) is 13.0. The molecule has 0 fully saturated rings. The van der Waals surface area contributed by atoms with Gasteiger partial charge in [-0.15, -0.1) is 0 Å². The fourth-order valence-electron chi connectivity index (χ4n) is 1.60. The number of benzene rings is 1. The van der Waals surface area contributed by atoms with Crippen LogP contribution in [0.1, 0.15) is 19.6 Å². The maximum atomic E-state index is 5.74. The molecule has 4 heteroatoms. The molecule has 0 spiro atoms. The van der Waals surface area contributed by atoms with Gasteiger partial charge in [-0.2, -0.15) is 0 Å². The summed E-state index contributed by atoms with van der Waals surface area (Å²) in [7, 11) is 0. The van der Waals surface area contributed by atoms with Crippen LogP contribution in [0.4, 0.5) is 5.69 Å². The van der Waals surface area contributed by atoms with Gasteiger partial charge in [-0.3, -0.25) is 0 Å². The number of hydrogen-bond donors (Lipinski definition) is 1. The van der Waals surface area contributed by atoms with Crippen LogP contribution in [0.5, 0.6) is 5.75 Å². The second kappa shape index (κ2) is 5.96. The Hall–Kier alpha value is -1.42. The van der Waals surface area contributed by atoms with Gasteiger partial charge >= 0.3 is 0 Å². The van der Waals surface area contributed by atoms with Gasteiger partial charge in [-0.25, -0.2) is 0 Å². The summed E-state index contributed by atoms with van der Waals surface area (Å²) in [5.41, 5.74) is 0.971. The fraction of sp³-hybridized carbons (Fsp3) is 0.286. The summed E-state index contributed by atoms with van der Waals surface area (Å²) in [5.74, 6) is 1.74. The quantitative estimate of drug-likeness (QED) is 0.886. The summed E-state index contributed by atoms with van der Waals surface area (Å²) in [6, 6.07) is 11.7. The average Bonchev–Trinajstić information content (AvgIpc) is 2.73. The van der Waals surface area contributed by atoms with Gasteiger partial charge in [0.05, 0.1) is 18.3 Å². The number of halogens is 1. The number of hydrogen-bond acceptors (Lipinski definition) is 3. The molecule has 2 aromatic rings. The first-order valence-electron chi connectivity index (χ1n) is 5.89. The fourth-order valence-corrected chi connectivity index (χ4v) is 1.94. The van der Waals surface area contributed by atoms with Gasteiger partial charge in [-0.1, -0.05) is 12.1 Å². The third-order valence-electron chi connectivity index (χ3n) is 2.33. The van der Waals surface area contributed by atoms with Crippen LogP contribution in [0.15, 0.2) is 45.5 Å². The van der Waals surface area contributed by atoms with Crippen molar-refractivity contribution in [1.82, 2.24) is 0 Å². The minimum absolute atomic E-state index is 0.158. The molecule has 0 unspecified atom stereocenters. The molecule has 0 radical (unpaired) electrons. The van der Waals surface area contributed by atoms with Gasteiger partial charge in [0.15, 0.2) is 4.67 Å². The normalized spacial score (nSPS) is 10.7. The topological polar surface area (TPSA) is 34.4 Å². The molecule has 0 atom stereocenters. The van der Waals surface area contributed by atoms with E-state index in [-0.39, 0.29) is 6.10 Å². The Bertz CT molecular complexity index is 508. The van der Waals surface area contributed by atoms with E-state index in [0.717, 1.165) is 21.9 Å².